The molecule has 1 aliphatic rings. The highest BCUT2D eigenvalue weighted by Crippen LogP contribution is 2.24. The number of hydrogen-bond acceptors (Lipinski definition) is 15. The summed E-state index contributed by atoms with van der Waals surface area (Å²) in [5.74, 6) is -3.92. The molecule has 0 amide bonds. The average molecular weight is 705 g/mol. The van der Waals surface area contributed by atoms with Gasteiger partial charge in [0.1, 0.15) is 19.3 Å². The Balaban J connectivity index is 1.73. The highest BCUT2D eigenvalue weighted by molar-refractivity contribution is 6.01. The van der Waals surface area contributed by atoms with Crippen LogP contribution in [0.15, 0.2) is 60.7 Å². The summed E-state index contributed by atoms with van der Waals surface area (Å²) < 4.78 is 47.9. The van der Waals surface area contributed by atoms with Gasteiger partial charge in [0, 0.05) is 18.2 Å². The molecule has 0 saturated carbocycles. The number of hydrogen-bond donors (Lipinski definition) is 1. The maximum atomic E-state index is 13.4. The lowest BCUT2D eigenvalue weighted by atomic mass is 10.00. The van der Waals surface area contributed by atoms with E-state index in [1.807, 2.05) is 0 Å². The molecule has 2 aromatic rings. The van der Waals surface area contributed by atoms with Crippen LogP contribution in [0.2, 0.25) is 0 Å². The molecule has 274 valence electrons. The number of ketones is 1. The number of carbonyl (C=O) groups excluding carboxylic acids is 5. The average Bonchev–Trinajstić information content (AvgIpc) is 3.97. The van der Waals surface area contributed by atoms with E-state index >= 15 is 0 Å². The van der Waals surface area contributed by atoms with Gasteiger partial charge in [-0.05, 0) is 13.3 Å². The quantitative estimate of drug-likeness (QED) is 0.0761. The Morgan fingerprint density at radius 2 is 1.28 bits per heavy atom. The normalized spacial score (nSPS) is 17.3. The highest BCUT2D eigenvalue weighted by Gasteiger charge is 2.34. The minimum atomic E-state index is -1.53. The number of carbonyl (C=O) groups is 5. The maximum Gasteiger partial charge on any atom is 0.337 e. The fourth-order valence-electron chi connectivity index (χ4n) is 4.27. The second-order valence-corrected chi connectivity index (χ2v) is 11.1. The maximum absolute atomic E-state index is 13.4. The Hall–Kier alpha value is -4.25. The van der Waals surface area contributed by atoms with Crippen molar-refractivity contribution in [3.8, 4) is 0 Å². The van der Waals surface area contributed by atoms with Crippen molar-refractivity contribution in [1.82, 2.24) is 0 Å². The summed E-state index contributed by atoms with van der Waals surface area (Å²) in [6.07, 6.45) is -7.87. The predicted octanol–water partition coefficient (Wildman–Crippen LogP) is 1.77. The Morgan fingerprint density at radius 3 is 1.80 bits per heavy atom. The summed E-state index contributed by atoms with van der Waals surface area (Å²) >= 11 is 0. The number of aliphatic hydroxyl groups is 1. The number of ether oxygens (including phenoxy) is 9. The minimum Gasteiger partial charge on any atom is -0.467 e. The van der Waals surface area contributed by atoms with E-state index in [2.05, 4.69) is 4.74 Å². The molecule has 0 aromatic heterocycles. The molecule has 2 aromatic carbocycles. The fraction of sp³-hybridized carbons (Fsp3) is 0.514. The lowest BCUT2D eigenvalue weighted by Crippen LogP contribution is -2.42. The van der Waals surface area contributed by atoms with Crippen LogP contribution < -0.4 is 0 Å². The number of methoxy groups -OCH3 is 2. The second-order valence-electron chi connectivity index (χ2n) is 11.1. The van der Waals surface area contributed by atoms with E-state index in [0.717, 1.165) is 7.11 Å². The number of esters is 4. The summed E-state index contributed by atoms with van der Waals surface area (Å²) in [4.78, 5) is 64.7. The molecule has 7 unspecified atom stereocenters. The van der Waals surface area contributed by atoms with Gasteiger partial charge in [0.2, 0.25) is 5.78 Å². The molecule has 1 aliphatic heterocycles. The molecule has 15 nitrogen and oxygen atoms in total. The third-order valence-electron chi connectivity index (χ3n) is 7.17. The first-order valence-corrected chi connectivity index (χ1v) is 16.0. The summed E-state index contributed by atoms with van der Waals surface area (Å²) in [6, 6.07) is 16.8. The van der Waals surface area contributed by atoms with Crippen molar-refractivity contribution in [2.75, 3.05) is 53.9 Å². The Bertz CT molecular complexity index is 1360. The number of aliphatic hydroxyl groups excluding tert-OH is 1. The van der Waals surface area contributed by atoms with E-state index in [-0.39, 0.29) is 25.7 Å². The Morgan fingerprint density at radius 1 is 0.740 bits per heavy atom. The van der Waals surface area contributed by atoms with E-state index in [1.165, 1.54) is 14.0 Å². The second kappa shape index (κ2) is 21.1. The molecular formula is C35H44O15. The van der Waals surface area contributed by atoms with Gasteiger partial charge >= 0.3 is 23.9 Å². The van der Waals surface area contributed by atoms with Crippen molar-refractivity contribution in [1.29, 1.82) is 0 Å². The molecule has 15 heteroatoms. The van der Waals surface area contributed by atoms with Crippen molar-refractivity contribution >= 4 is 29.7 Å². The van der Waals surface area contributed by atoms with E-state index in [0.29, 0.717) is 17.7 Å². The Kier molecular flexibility index (Phi) is 16.9. The third-order valence-corrected chi connectivity index (χ3v) is 7.17. The van der Waals surface area contributed by atoms with Crippen LogP contribution in [0.5, 0.6) is 0 Å². The van der Waals surface area contributed by atoms with Crippen LogP contribution in [0.4, 0.5) is 0 Å². The first kappa shape index (κ1) is 40.2. The zero-order valence-electron chi connectivity index (χ0n) is 28.4. The van der Waals surface area contributed by atoms with Crippen LogP contribution in [-0.4, -0.2) is 125 Å². The van der Waals surface area contributed by atoms with Gasteiger partial charge < -0.3 is 47.7 Å². The first-order chi connectivity index (χ1) is 24.1. The molecule has 0 radical (unpaired) electrons. The standard InChI is InChI=1S/C35H44O15/c1-5-26(35(41)50-31(24-14-10-7-11-15-24)30(37)23-12-8-6-9-13-23)45-20-28(33(39)48-16-22(2)36)47-21-29(34(40)49-18-25-17-44-25)46-19-27(42-3)32(38)43-4/h6-15,22,25-29,31,36H,5,16-21H2,1-4H3. The number of epoxide rings is 1. The van der Waals surface area contributed by atoms with E-state index < -0.39 is 86.1 Å². The van der Waals surface area contributed by atoms with Gasteiger partial charge in [-0.2, -0.15) is 0 Å². The zero-order valence-corrected chi connectivity index (χ0v) is 28.4. The van der Waals surface area contributed by atoms with Gasteiger partial charge in [-0.25, -0.2) is 19.2 Å². The molecule has 1 N–H and O–H groups in total. The molecule has 1 fully saturated rings. The highest BCUT2D eigenvalue weighted by atomic mass is 16.6. The third kappa shape index (κ3) is 13.2. The van der Waals surface area contributed by atoms with Gasteiger partial charge in [-0.15, -0.1) is 0 Å². The summed E-state index contributed by atoms with van der Waals surface area (Å²) in [7, 11) is 2.41. The monoisotopic (exact) mass is 704 g/mol. The predicted molar refractivity (Wildman–Crippen MR) is 172 cm³/mol. The summed E-state index contributed by atoms with van der Waals surface area (Å²) in [5.41, 5.74) is 0.780. The smallest absolute Gasteiger partial charge is 0.337 e. The SMILES string of the molecule is CCC(OCC(OCC(OCC(OC)C(=O)OC)C(=O)OCC1CO1)C(=O)OCC(C)O)C(=O)OC(C(=O)c1ccccc1)c1ccccc1. The van der Waals surface area contributed by atoms with Crippen LogP contribution in [0.1, 0.15) is 42.3 Å². The number of Topliss-reactive ketones (excluding diaryl/α,β-unsaturated/α-hetero) is 1. The topological polar surface area (TPSA) is 192 Å². The molecule has 0 bridgehead atoms. The zero-order chi connectivity index (χ0) is 36.5. The van der Waals surface area contributed by atoms with Gasteiger partial charge in [0.15, 0.2) is 30.5 Å². The first-order valence-electron chi connectivity index (χ1n) is 16.0. The fourth-order valence-corrected chi connectivity index (χ4v) is 4.27. The van der Waals surface area contributed by atoms with Gasteiger partial charge in [-0.3, -0.25) is 4.79 Å². The van der Waals surface area contributed by atoms with Crippen LogP contribution in [0.25, 0.3) is 0 Å². The molecule has 50 heavy (non-hydrogen) atoms. The number of benzene rings is 2. The summed E-state index contributed by atoms with van der Waals surface area (Å²) in [5, 5.41) is 9.65. The van der Waals surface area contributed by atoms with Crippen molar-refractivity contribution in [2.24, 2.45) is 0 Å². The summed E-state index contributed by atoms with van der Waals surface area (Å²) in [6.45, 7) is 1.47. The van der Waals surface area contributed by atoms with Crippen LogP contribution in [0.3, 0.4) is 0 Å². The lowest BCUT2D eigenvalue weighted by Gasteiger charge is -2.24. The largest absolute Gasteiger partial charge is 0.467 e. The molecule has 0 spiro atoms. The van der Waals surface area contributed by atoms with E-state index in [9.17, 15) is 29.1 Å². The molecule has 3 rings (SSSR count). The molecule has 0 aliphatic carbocycles. The number of rotatable bonds is 23. The van der Waals surface area contributed by atoms with Crippen LogP contribution in [0, 0.1) is 0 Å². The molecule has 1 heterocycles. The van der Waals surface area contributed by atoms with E-state index in [4.69, 9.17) is 37.9 Å². The Labute approximate surface area is 290 Å². The van der Waals surface area contributed by atoms with Gasteiger partial charge in [-0.1, -0.05) is 67.6 Å². The van der Waals surface area contributed by atoms with Crippen LogP contribution >= 0.6 is 0 Å². The van der Waals surface area contributed by atoms with Gasteiger partial charge in [0.05, 0.1) is 39.6 Å². The van der Waals surface area contributed by atoms with Crippen molar-refractivity contribution < 1.29 is 71.7 Å². The molecule has 7 atom stereocenters. The van der Waals surface area contributed by atoms with Crippen molar-refractivity contribution in [3.05, 3.63) is 71.8 Å². The van der Waals surface area contributed by atoms with Crippen LogP contribution in [-0.2, 0) is 61.8 Å². The van der Waals surface area contributed by atoms with E-state index in [1.54, 1.807) is 67.6 Å². The van der Waals surface area contributed by atoms with Crippen molar-refractivity contribution in [3.63, 3.8) is 0 Å². The lowest BCUT2D eigenvalue weighted by molar-refractivity contribution is -0.183. The molecular weight excluding hydrogens is 660 g/mol. The minimum absolute atomic E-state index is 0.0522. The molecule has 1 saturated heterocycles. The van der Waals surface area contributed by atoms with Crippen molar-refractivity contribution in [2.45, 2.75) is 63.0 Å². The van der Waals surface area contributed by atoms with Gasteiger partial charge in [0.25, 0.3) is 0 Å².